The molecule has 2 aromatic heterocycles. The summed E-state index contributed by atoms with van der Waals surface area (Å²) in [5.74, 6) is 0. The van der Waals surface area contributed by atoms with E-state index in [1.807, 2.05) is 13.8 Å². The minimum atomic E-state index is -4.60. The first-order valence-electron chi connectivity index (χ1n) is 10.1. The standard InChI is InChI=1S/C22H27F3N2O2/c1-14-15(2)27(11-7-5-3-4-6-8-12-28)18-10-9-17-21(20(14)18)16(22(23,24)25)13-19(29)26-17/h9-10,13,28H,3-8,11-12H2,1-2H3,(H,26,29). The fourth-order valence-corrected chi connectivity index (χ4v) is 4.12. The van der Waals surface area contributed by atoms with Crippen LogP contribution in [0.15, 0.2) is 23.0 Å². The van der Waals surface area contributed by atoms with Gasteiger partial charge < -0.3 is 14.7 Å². The quantitative estimate of drug-likeness (QED) is 0.487. The zero-order chi connectivity index (χ0) is 21.2. The number of unbranched alkanes of at least 4 members (excludes halogenated alkanes) is 5. The molecule has 0 saturated carbocycles. The van der Waals surface area contributed by atoms with Crippen molar-refractivity contribution in [2.45, 2.75) is 65.1 Å². The van der Waals surface area contributed by atoms with Gasteiger partial charge in [0.05, 0.1) is 5.56 Å². The van der Waals surface area contributed by atoms with Crippen LogP contribution in [0.2, 0.25) is 0 Å². The van der Waals surface area contributed by atoms with Crippen molar-refractivity contribution in [2.75, 3.05) is 6.61 Å². The summed E-state index contributed by atoms with van der Waals surface area (Å²) in [4.78, 5) is 14.3. The molecule has 7 heteroatoms. The Morgan fingerprint density at radius 2 is 1.66 bits per heavy atom. The Hall–Kier alpha value is -2.28. The van der Waals surface area contributed by atoms with Crippen LogP contribution >= 0.6 is 0 Å². The number of aryl methyl sites for hydroxylation is 2. The van der Waals surface area contributed by atoms with E-state index in [1.165, 1.54) is 0 Å². The number of fused-ring (bicyclic) bond motifs is 3. The molecule has 0 atom stereocenters. The van der Waals surface area contributed by atoms with Crippen molar-refractivity contribution in [3.8, 4) is 0 Å². The van der Waals surface area contributed by atoms with Gasteiger partial charge in [0.15, 0.2) is 0 Å². The van der Waals surface area contributed by atoms with Crippen LogP contribution in [0, 0.1) is 13.8 Å². The number of hydrogen-bond acceptors (Lipinski definition) is 2. The highest BCUT2D eigenvalue weighted by Gasteiger charge is 2.34. The monoisotopic (exact) mass is 408 g/mol. The fourth-order valence-electron chi connectivity index (χ4n) is 4.12. The predicted molar refractivity (Wildman–Crippen MR) is 109 cm³/mol. The van der Waals surface area contributed by atoms with Gasteiger partial charge in [0, 0.05) is 46.7 Å². The van der Waals surface area contributed by atoms with E-state index >= 15 is 0 Å². The van der Waals surface area contributed by atoms with E-state index in [0.717, 1.165) is 61.8 Å². The Bertz CT molecular complexity index is 1060. The Labute approximate surface area is 167 Å². The third-order valence-corrected chi connectivity index (χ3v) is 5.69. The molecule has 3 rings (SSSR count). The molecule has 1 aromatic carbocycles. The number of hydrogen-bond donors (Lipinski definition) is 2. The van der Waals surface area contributed by atoms with Gasteiger partial charge in [-0.1, -0.05) is 25.7 Å². The van der Waals surface area contributed by atoms with Gasteiger partial charge in [-0.15, -0.1) is 0 Å². The van der Waals surface area contributed by atoms with Crippen molar-refractivity contribution in [3.63, 3.8) is 0 Å². The van der Waals surface area contributed by atoms with E-state index in [4.69, 9.17) is 5.11 Å². The lowest BCUT2D eigenvalue weighted by Crippen LogP contribution is -2.14. The van der Waals surface area contributed by atoms with Crippen LogP contribution in [0.3, 0.4) is 0 Å². The average Bonchev–Trinajstić information content (AvgIpc) is 2.90. The summed E-state index contributed by atoms with van der Waals surface area (Å²) in [6.45, 7) is 4.74. The second-order valence-corrected chi connectivity index (χ2v) is 7.63. The van der Waals surface area contributed by atoms with Gasteiger partial charge in [-0.2, -0.15) is 13.2 Å². The number of benzene rings is 1. The summed E-state index contributed by atoms with van der Waals surface area (Å²) in [7, 11) is 0. The molecule has 0 aliphatic rings. The van der Waals surface area contributed by atoms with E-state index < -0.39 is 17.3 Å². The van der Waals surface area contributed by atoms with Crippen LogP contribution in [0.5, 0.6) is 0 Å². The highest BCUT2D eigenvalue weighted by Crippen LogP contribution is 2.39. The van der Waals surface area contributed by atoms with Crippen molar-refractivity contribution in [3.05, 3.63) is 45.4 Å². The lowest BCUT2D eigenvalue weighted by Gasteiger charge is -2.12. The van der Waals surface area contributed by atoms with E-state index in [0.29, 0.717) is 11.5 Å². The van der Waals surface area contributed by atoms with Crippen LogP contribution in [-0.4, -0.2) is 21.3 Å². The highest BCUT2D eigenvalue weighted by molar-refractivity contribution is 6.09. The molecule has 2 N–H and O–H groups in total. The van der Waals surface area contributed by atoms with Crippen molar-refractivity contribution in [2.24, 2.45) is 0 Å². The molecule has 2 heterocycles. The van der Waals surface area contributed by atoms with Crippen LogP contribution < -0.4 is 5.56 Å². The number of aromatic amines is 1. The molecule has 4 nitrogen and oxygen atoms in total. The second-order valence-electron chi connectivity index (χ2n) is 7.63. The fraction of sp³-hybridized carbons (Fsp3) is 0.500. The minimum Gasteiger partial charge on any atom is -0.396 e. The lowest BCUT2D eigenvalue weighted by molar-refractivity contribution is -0.136. The summed E-state index contributed by atoms with van der Waals surface area (Å²) in [6.07, 6.45) is 1.40. The van der Waals surface area contributed by atoms with Gasteiger partial charge in [-0.3, -0.25) is 4.79 Å². The largest absolute Gasteiger partial charge is 0.417 e. The number of aromatic nitrogens is 2. The maximum Gasteiger partial charge on any atom is 0.417 e. The summed E-state index contributed by atoms with van der Waals surface area (Å²) >= 11 is 0. The molecular formula is C22H27F3N2O2. The van der Waals surface area contributed by atoms with Gasteiger partial charge in [-0.05, 0) is 44.4 Å². The Kier molecular flexibility index (Phi) is 6.36. The molecular weight excluding hydrogens is 381 g/mol. The summed E-state index contributed by atoms with van der Waals surface area (Å²) in [6, 6.07) is 4.02. The average molecular weight is 408 g/mol. The maximum atomic E-state index is 13.7. The van der Waals surface area contributed by atoms with Crippen molar-refractivity contribution in [1.82, 2.24) is 9.55 Å². The Morgan fingerprint density at radius 1 is 1.00 bits per heavy atom. The van der Waals surface area contributed by atoms with Crippen LogP contribution in [-0.2, 0) is 12.7 Å². The predicted octanol–water partition coefficient (Wildman–Crippen LogP) is 5.45. The first-order chi connectivity index (χ1) is 13.8. The molecule has 158 valence electrons. The molecule has 29 heavy (non-hydrogen) atoms. The van der Waals surface area contributed by atoms with E-state index in [9.17, 15) is 18.0 Å². The molecule has 0 aliphatic carbocycles. The number of pyridine rings is 1. The number of nitrogens with one attached hydrogen (secondary N) is 1. The zero-order valence-electron chi connectivity index (χ0n) is 16.8. The molecule has 0 amide bonds. The Morgan fingerprint density at radius 3 is 2.31 bits per heavy atom. The van der Waals surface area contributed by atoms with Crippen LogP contribution in [0.25, 0.3) is 21.8 Å². The SMILES string of the molecule is Cc1c(C)n(CCCCCCCCO)c2ccc3[nH]c(=O)cc(C(F)(F)F)c3c12. The molecule has 0 aliphatic heterocycles. The van der Waals surface area contributed by atoms with Gasteiger partial charge >= 0.3 is 6.18 Å². The third kappa shape index (κ3) is 4.34. The molecule has 3 aromatic rings. The summed E-state index contributed by atoms with van der Waals surface area (Å²) < 4.78 is 43.1. The summed E-state index contributed by atoms with van der Waals surface area (Å²) in [5, 5.41) is 9.45. The zero-order valence-corrected chi connectivity index (χ0v) is 16.8. The Balaban J connectivity index is 1.99. The van der Waals surface area contributed by atoms with Gasteiger partial charge in [0.25, 0.3) is 0 Å². The second kappa shape index (κ2) is 8.61. The van der Waals surface area contributed by atoms with Gasteiger partial charge in [0.2, 0.25) is 5.56 Å². The lowest BCUT2D eigenvalue weighted by atomic mass is 10.0. The first-order valence-corrected chi connectivity index (χ1v) is 10.1. The number of H-pyrrole nitrogens is 1. The number of nitrogens with zero attached hydrogens (tertiary/aromatic N) is 1. The maximum absolute atomic E-state index is 13.7. The van der Waals surface area contributed by atoms with E-state index in [1.54, 1.807) is 12.1 Å². The third-order valence-electron chi connectivity index (χ3n) is 5.69. The normalized spacial score (nSPS) is 12.3. The van der Waals surface area contributed by atoms with Crippen molar-refractivity contribution in [1.29, 1.82) is 0 Å². The van der Waals surface area contributed by atoms with Crippen molar-refractivity contribution < 1.29 is 18.3 Å². The smallest absolute Gasteiger partial charge is 0.396 e. The molecule has 0 bridgehead atoms. The van der Waals surface area contributed by atoms with Crippen LogP contribution in [0.1, 0.15) is 55.3 Å². The van der Waals surface area contributed by atoms with Gasteiger partial charge in [-0.25, -0.2) is 0 Å². The molecule has 0 saturated heterocycles. The number of aliphatic hydroxyl groups excluding tert-OH is 1. The van der Waals surface area contributed by atoms with E-state index in [2.05, 4.69) is 9.55 Å². The van der Waals surface area contributed by atoms with E-state index in [-0.39, 0.29) is 17.5 Å². The molecule has 0 spiro atoms. The molecule has 0 fully saturated rings. The highest BCUT2D eigenvalue weighted by atomic mass is 19.4. The molecule has 0 unspecified atom stereocenters. The minimum absolute atomic E-state index is 0.0675. The molecule has 0 radical (unpaired) electrons. The topological polar surface area (TPSA) is 58.0 Å². The number of aliphatic hydroxyl groups is 1. The van der Waals surface area contributed by atoms with Gasteiger partial charge in [0.1, 0.15) is 0 Å². The first kappa shape index (κ1) is 21.4. The summed E-state index contributed by atoms with van der Waals surface area (Å²) in [5.41, 5.74) is 1.11. The number of rotatable bonds is 8. The number of halogens is 3. The van der Waals surface area contributed by atoms with Crippen molar-refractivity contribution >= 4 is 21.8 Å². The number of alkyl halides is 3. The van der Waals surface area contributed by atoms with Crippen LogP contribution in [0.4, 0.5) is 13.2 Å².